The van der Waals surface area contributed by atoms with Gasteiger partial charge in [-0.1, -0.05) is 6.07 Å². The van der Waals surface area contributed by atoms with Gasteiger partial charge in [0.1, 0.15) is 11.6 Å². The molecule has 0 amide bonds. The Bertz CT molecular complexity index is 324. The van der Waals surface area contributed by atoms with Crippen LogP contribution in [0.25, 0.3) is 0 Å². The molecule has 1 nitrogen and oxygen atoms in total. The van der Waals surface area contributed by atoms with Crippen LogP contribution in [0.2, 0.25) is 0 Å². The van der Waals surface area contributed by atoms with Crippen LogP contribution in [0, 0.1) is 12.7 Å². The van der Waals surface area contributed by atoms with Crippen LogP contribution >= 0.6 is 15.9 Å². The Hall–Kier alpha value is -0.700. The smallest absolute Gasteiger partial charge is 0.140 e. The molecule has 0 saturated carbocycles. The maximum atomic E-state index is 13.1. The number of carbonyl (C=O) groups excluding carboxylic acids is 1. The second kappa shape index (κ2) is 4.01. The molecule has 1 rings (SSSR count). The molecule has 0 aliphatic carbocycles. The van der Waals surface area contributed by atoms with Crippen LogP contribution in [0.4, 0.5) is 4.39 Å². The van der Waals surface area contributed by atoms with Crippen molar-refractivity contribution in [1.29, 1.82) is 0 Å². The predicted octanol–water partition coefficient (Wildman–Crippen LogP) is 3.03. The Morgan fingerprint density at radius 2 is 2.15 bits per heavy atom. The number of benzene rings is 1. The Balaban J connectivity index is 3.06. The summed E-state index contributed by atoms with van der Waals surface area (Å²) >= 11 is 3.10. The minimum Gasteiger partial charge on any atom is -0.300 e. The zero-order valence-corrected chi connectivity index (χ0v) is 9.11. The molecule has 1 aromatic rings. The summed E-state index contributed by atoms with van der Waals surface area (Å²) in [7, 11) is 0. The van der Waals surface area contributed by atoms with Crippen LogP contribution in [-0.4, -0.2) is 5.78 Å². The van der Waals surface area contributed by atoms with E-state index in [1.807, 2.05) is 0 Å². The first-order valence-electron chi connectivity index (χ1n) is 3.94. The molecule has 0 atom stereocenters. The van der Waals surface area contributed by atoms with Gasteiger partial charge in [0, 0.05) is 6.42 Å². The average Bonchev–Trinajstić information content (AvgIpc) is 1.98. The van der Waals surface area contributed by atoms with E-state index in [9.17, 15) is 9.18 Å². The lowest BCUT2D eigenvalue weighted by Gasteiger charge is -2.03. The van der Waals surface area contributed by atoms with Gasteiger partial charge < -0.3 is 0 Å². The van der Waals surface area contributed by atoms with Gasteiger partial charge in [-0.05, 0) is 47.0 Å². The molecule has 0 N–H and O–H groups in total. The molecule has 3 heteroatoms. The van der Waals surface area contributed by atoms with Crippen LogP contribution in [-0.2, 0) is 11.2 Å². The fourth-order valence-electron chi connectivity index (χ4n) is 1.19. The molecule has 70 valence electrons. The number of halogens is 2. The van der Waals surface area contributed by atoms with Gasteiger partial charge in [0.05, 0.1) is 4.47 Å². The van der Waals surface area contributed by atoms with Crippen molar-refractivity contribution in [3.05, 3.63) is 33.5 Å². The molecule has 0 heterocycles. The Kier molecular flexibility index (Phi) is 3.20. The normalized spacial score (nSPS) is 10.2. The van der Waals surface area contributed by atoms with Crippen molar-refractivity contribution < 1.29 is 9.18 Å². The van der Waals surface area contributed by atoms with Crippen molar-refractivity contribution in [3.63, 3.8) is 0 Å². The predicted molar refractivity (Wildman–Crippen MR) is 53.2 cm³/mol. The van der Waals surface area contributed by atoms with Crippen molar-refractivity contribution in [1.82, 2.24) is 0 Å². The maximum Gasteiger partial charge on any atom is 0.140 e. The monoisotopic (exact) mass is 244 g/mol. The summed E-state index contributed by atoms with van der Waals surface area (Å²) in [6.07, 6.45) is 0.361. The summed E-state index contributed by atoms with van der Waals surface area (Å²) < 4.78 is 13.5. The first-order valence-corrected chi connectivity index (χ1v) is 4.74. The lowest BCUT2D eigenvalue weighted by molar-refractivity contribution is -0.116. The van der Waals surface area contributed by atoms with E-state index in [4.69, 9.17) is 0 Å². The first-order chi connectivity index (χ1) is 6.00. The highest BCUT2D eigenvalue weighted by Crippen LogP contribution is 2.21. The van der Waals surface area contributed by atoms with Gasteiger partial charge in [-0.3, -0.25) is 4.79 Å². The fraction of sp³-hybridized carbons (Fsp3) is 0.300. The third-order valence-corrected chi connectivity index (χ3v) is 2.30. The number of hydrogen-bond donors (Lipinski definition) is 0. The molecular formula is C10H10BrFO. The zero-order chi connectivity index (χ0) is 10.0. The molecule has 0 spiro atoms. The summed E-state index contributed by atoms with van der Waals surface area (Å²) in [6.45, 7) is 3.20. The van der Waals surface area contributed by atoms with Crippen molar-refractivity contribution in [2.24, 2.45) is 0 Å². The molecular weight excluding hydrogens is 235 g/mol. The minimum atomic E-state index is -0.257. The summed E-state index contributed by atoms with van der Waals surface area (Å²) in [4.78, 5) is 10.8. The molecule has 1 aromatic carbocycles. The third kappa shape index (κ3) is 2.62. The summed E-state index contributed by atoms with van der Waals surface area (Å²) in [5.41, 5.74) is 1.41. The molecule has 0 aliphatic rings. The van der Waals surface area contributed by atoms with E-state index in [0.29, 0.717) is 16.5 Å². The number of hydrogen-bond acceptors (Lipinski definition) is 1. The summed E-state index contributed by atoms with van der Waals surface area (Å²) in [6, 6.07) is 3.34. The number of carbonyl (C=O) groups is 1. The topological polar surface area (TPSA) is 17.1 Å². The van der Waals surface area contributed by atoms with E-state index in [-0.39, 0.29) is 11.6 Å². The van der Waals surface area contributed by atoms with Crippen molar-refractivity contribution in [2.75, 3.05) is 0 Å². The van der Waals surface area contributed by atoms with Crippen LogP contribution in [0.15, 0.2) is 16.6 Å². The SMILES string of the molecule is CC(=O)Cc1cc(C)c(F)c(Br)c1. The Labute approximate surface area is 85.1 Å². The molecule has 13 heavy (non-hydrogen) atoms. The lowest BCUT2D eigenvalue weighted by atomic mass is 10.1. The van der Waals surface area contributed by atoms with Crippen LogP contribution < -0.4 is 0 Å². The highest BCUT2D eigenvalue weighted by molar-refractivity contribution is 9.10. The van der Waals surface area contributed by atoms with E-state index in [1.165, 1.54) is 6.92 Å². The lowest BCUT2D eigenvalue weighted by Crippen LogP contribution is -1.98. The highest BCUT2D eigenvalue weighted by Gasteiger charge is 2.06. The van der Waals surface area contributed by atoms with Gasteiger partial charge >= 0.3 is 0 Å². The average molecular weight is 245 g/mol. The quantitative estimate of drug-likeness (QED) is 0.782. The van der Waals surface area contributed by atoms with E-state index in [0.717, 1.165) is 5.56 Å². The van der Waals surface area contributed by atoms with Gasteiger partial charge in [-0.15, -0.1) is 0 Å². The Morgan fingerprint density at radius 3 is 2.62 bits per heavy atom. The zero-order valence-electron chi connectivity index (χ0n) is 7.53. The molecule has 0 radical (unpaired) electrons. The maximum absolute atomic E-state index is 13.1. The van der Waals surface area contributed by atoms with Gasteiger partial charge in [0.25, 0.3) is 0 Å². The van der Waals surface area contributed by atoms with Crippen LogP contribution in [0.1, 0.15) is 18.1 Å². The minimum absolute atomic E-state index is 0.0814. The van der Waals surface area contributed by atoms with E-state index < -0.39 is 0 Å². The van der Waals surface area contributed by atoms with E-state index in [1.54, 1.807) is 19.1 Å². The molecule has 0 saturated heterocycles. The highest BCUT2D eigenvalue weighted by atomic mass is 79.9. The number of aryl methyl sites for hydroxylation is 1. The van der Waals surface area contributed by atoms with E-state index in [2.05, 4.69) is 15.9 Å². The van der Waals surface area contributed by atoms with Crippen LogP contribution in [0.5, 0.6) is 0 Å². The van der Waals surface area contributed by atoms with Gasteiger partial charge in [-0.25, -0.2) is 4.39 Å². The second-order valence-electron chi connectivity index (χ2n) is 3.09. The first kappa shape index (κ1) is 10.4. The standard InChI is InChI=1S/C10H10BrFO/c1-6-3-8(4-7(2)13)5-9(11)10(6)12/h3,5H,4H2,1-2H3. The largest absolute Gasteiger partial charge is 0.300 e. The number of Topliss-reactive ketones (excluding diaryl/α,β-unsaturated/α-hetero) is 1. The van der Waals surface area contributed by atoms with Crippen molar-refractivity contribution >= 4 is 21.7 Å². The van der Waals surface area contributed by atoms with Crippen molar-refractivity contribution in [3.8, 4) is 0 Å². The molecule has 0 bridgehead atoms. The third-order valence-electron chi connectivity index (χ3n) is 1.72. The fourth-order valence-corrected chi connectivity index (χ4v) is 1.79. The van der Waals surface area contributed by atoms with E-state index >= 15 is 0 Å². The van der Waals surface area contributed by atoms with Gasteiger partial charge in [0.2, 0.25) is 0 Å². The summed E-state index contributed by atoms with van der Waals surface area (Å²) in [5, 5.41) is 0. The number of ketones is 1. The Morgan fingerprint density at radius 1 is 1.54 bits per heavy atom. The molecule has 0 fully saturated rings. The van der Waals surface area contributed by atoms with Gasteiger partial charge in [0.15, 0.2) is 0 Å². The molecule has 0 aromatic heterocycles. The van der Waals surface area contributed by atoms with Crippen molar-refractivity contribution in [2.45, 2.75) is 20.3 Å². The summed E-state index contributed by atoms with van der Waals surface area (Å²) in [5.74, 6) is -0.176. The molecule has 0 unspecified atom stereocenters. The molecule has 0 aliphatic heterocycles. The van der Waals surface area contributed by atoms with Gasteiger partial charge in [-0.2, -0.15) is 0 Å². The second-order valence-corrected chi connectivity index (χ2v) is 3.94. The van der Waals surface area contributed by atoms with Crippen LogP contribution in [0.3, 0.4) is 0 Å². The number of rotatable bonds is 2.